The highest BCUT2D eigenvalue weighted by molar-refractivity contribution is 6.33. The smallest absolute Gasteiger partial charge is 0.274 e. The summed E-state index contributed by atoms with van der Waals surface area (Å²) in [5.41, 5.74) is -0.410. The van der Waals surface area contributed by atoms with Gasteiger partial charge in [-0.1, -0.05) is 11.6 Å². The summed E-state index contributed by atoms with van der Waals surface area (Å²) in [6, 6.07) is 0. The summed E-state index contributed by atoms with van der Waals surface area (Å²) >= 11 is 5.97. The molecule has 0 aliphatic carbocycles. The Morgan fingerprint density at radius 1 is 1.40 bits per heavy atom. The number of hydrogen-bond acceptors (Lipinski definition) is 3. The van der Waals surface area contributed by atoms with Crippen LogP contribution in [0, 0.1) is 0 Å². The Morgan fingerprint density at radius 3 is 2.75 bits per heavy atom. The summed E-state index contributed by atoms with van der Waals surface area (Å²) in [5.74, 6) is -0.182. The number of carbonyl (C=O) groups is 2. The molecule has 7 heteroatoms. The summed E-state index contributed by atoms with van der Waals surface area (Å²) in [7, 11) is 1.80. The van der Waals surface area contributed by atoms with Gasteiger partial charge in [0, 0.05) is 20.1 Å². The quantitative estimate of drug-likeness (QED) is 0.849. The molecule has 2 aliphatic heterocycles. The molecule has 1 aromatic heterocycles. The van der Waals surface area contributed by atoms with Crippen LogP contribution in [0.3, 0.4) is 0 Å². The Kier molecular flexibility index (Phi) is 3.20. The van der Waals surface area contributed by atoms with Crippen LogP contribution >= 0.6 is 11.6 Å². The van der Waals surface area contributed by atoms with E-state index in [1.807, 2.05) is 0 Å². The zero-order valence-corrected chi connectivity index (χ0v) is 12.1. The molecule has 1 atom stereocenters. The number of H-pyrrole nitrogens is 1. The number of nitrogens with zero attached hydrogens (tertiary/aromatic N) is 3. The van der Waals surface area contributed by atoms with E-state index in [4.69, 9.17) is 11.6 Å². The van der Waals surface area contributed by atoms with Crippen molar-refractivity contribution in [3.63, 3.8) is 0 Å². The molecule has 1 aromatic rings. The lowest BCUT2D eigenvalue weighted by molar-refractivity contribution is -0.144. The predicted octanol–water partition coefficient (Wildman–Crippen LogP) is 1.29. The molecule has 20 heavy (non-hydrogen) atoms. The Hall–Kier alpha value is -1.56. The van der Waals surface area contributed by atoms with Gasteiger partial charge in [0.15, 0.2) is 0 Å². The Morgan fingerprint density at radius 2 is 2.10 bits per heavy atom. The first-order valence-corrected chi connectivity index (χ1v) is 7.20. The molecule has 2 saturated heterocycles. The number of carbonyl (C=O) groups excluding carboxylic acids is 2. The van der Waals surface area contributed by atoms with Gasteiger partial charge in [-0.2, -0.15) is 5.10 Å². The second-order valence-corrected chi connectivity index (χ2v) is 5.92. The van der Waals surface area contributed by atoms with Crippen LogP contribution in [0.1, 0.15) is 36.2 Å². The van der Waals surface area contributed by atoms with Crippen molar-refractivity contribution in [3.8, 4) is 0 Å². The van der Waals surface area contributed by atoms with Gasteiger partial charge in [-0.25, -0.2) is 0 Å². The van der Waals surface area contributed by atoms with Crippen LogP contribution in [0.15, 0.2) is 6.20 Å². The van der Waals surface area contributed by atoms with Crippen molar-refractivity contribution >= 4 is 23.4 Å². The number of aromatic amines is 1. The van der Waals surface area contributed by atoms with E-state index < -0.39 is 5.54 Å². The molecule has 0 aromatic carbocycles. The highest BCUT2D eigenvalue weighted by Crippen LogP contribution is 2.39. The third-order valence-electron chi connectivity index (χ3n) is 4.37. The standard InChI is InChI=1S/C13H17ClN4O2/c1-17-6-2-4-13(12(17)20)5-3-7-18(13)11(19)10-9(14)8-15-16-10/h8H,2-7H2,1H3,(H,15,16). The molecule has 0 saturated carbocycles. The van der Waals surface area contributed by atoms with Crippen molar-refractivity contribution in [2.75, 3.05) is 20.1 Å². The second kappa shape index (κ2) is 4.77. The number of likely N-dealkylation sites (N-methyl/N-ethyl adjacent to an activating group) is 1. The molecule has 1 unspecified atom stereocenters. The van der Waals surface area contributed by atoms with Gasteiger partial charge >= 0.3 is 0 Å². The van der Waals surface area contributed by atoms with Gasteiger partial charge in [0.1, 0.15) is 11.2 Å². The number of piperidine rings is 1. The van der Waals surface area contributed by atoms with E-state index in [2.05, 4.69) is 10.2 Å². The fourth-order valence-electron chi connectivity index (χ4n) is 3.39. The second-order valence-electron chi connectivity index (χ2n) is 5.52. The Balaban J connectivity index is 1.95. The first-order chi connectivity index (χ1) is 9.56. The normalized spacial score (nSPS) is 26.6. The van der Waals surface area contributed by atoms with Gasteiger partial charge in [-0.3, -0.25) is 14.7 Å². The monoisotopic (exact) mass is 296 g/mol. The minimum Gasteiger partial charge on any atom is -0.344 e. The summed E-state index contributed by atoms with van der Waals surface area (Å²) in [4.78, 5) is 28.7. The molecular weight excluding hydrogens is 280 g/mol. The van der Waals surface area contributed by atoms with Crippen LogP contribution in [-0.4, -0.2) is 57.5 Å². The number of amides is 2. The molecule has 3 heterocycles. The molecule has 2 amide bonds. The van der Waals surface area contributed by atoms with Gasteiger partial charge in [0.25, 0.3) is 5.91 Å². The molecule has 108 valence electrons. The van der Waals surface area contributed by atoms with Crippen LogP contribution in [0.5, 0.6) is 0 Å². The van der Waals surface area contributed by atoms with Crippen LogP contribution in [0.2, 0.25) is 5.02 Å². The Labute approximate surface area is 122 Å². The van der Waals surface area contributed by atoms with Gasteiger partial charge in [0.05, 0.1) is 11.2 Å². The molecule has 6 nitrogen and oxygen atoms in total. The molecule has 3 rings (SSSR count). The summed E-state index contributed by atoms with van der Waals surface area (Å²) in [6.45, 7) is 1.35. The van der Waals surface area contributed by atoms with Crippen molar-refractivity contribution < 1.29 is 9.59 Å². The predicted molar refractivity (Wildman–Crippen MR) is 73.5 cm³/mol. The van der Waals surface area contributed by atoms with Crippen LogP contribution in [0.4, 0.5) is 0 Å². The van der Waals surface area contributed by atoms with Crippen molar-refractivity contribution in [1.82, 2.24) is 20.0 Å². The van der Waals surface area contributed by atoms with E-state index in [0.717, 1.165) is 32.2 Å². The first-order valence-electron chi connectivity index (χ1n) is 6.83. The van der Waals surface area contributed by atoms with Gasteiger partial charge in [-0.05, 0) is 25.7 Å². The fourth-order valence-corrected chi connectivity index (χ4v) is 3.56. The number of nitrogens with one attached hydrogen (secondary N) is 1. The van der Waals surface area contributed by atoms with Gasteiger partial charge in [-0.15, -0.1) is 0 Å². The SMILES string of the molecule is CN1CCCC2(CCCN2C(=O)c2[nH]ncc2Cl)C1=O. The maximum atomic E-state index is 12.7. The van der Waals surface area contributed by atoms with Gasteiger partial charge in [0.2, 0.25) is 5.91 Å². The lowest BCUT2D eigenvalue weighted by atomic mass is 9.85. The third-order valence-corrected chi connectivity index (χ3v) is 4.66. The number of halogens is 1. The summed E-state index contributed by atoms with van der Waals surface area (Å²) in [6.07, 6.45) is 4.63. The van der Waals surface area contributed by atoms with Crippen molar-refractivity contribution in [2.45, 2.75) is 31.2 Å². The zero-order valence-electron chi connectivity index (χ0n) is 11.4. The molecule has 2 fully saturated rings. The lowest BCUT2D eigenvalue weighted by Gasteiger charge is -2.43. The first kappa shape index (κ1) is 13.4. The average Bonchev–Trinajstić information content (AvgIpc) is 3.02. The zero-order chi connectivity index (χ0) is 14.3. The molecule has 1 spiro atoms. The van der Waals surface area contributed by atoms with E-state index in [1.165, 1.54) is 6.20 Å². The number of likely N-dealkylation sites (tertiary alicyclic amines) is 2. The summed E-state index contributed by atoms with van der Waals surface area (Å²) in [5, 5.41) is 6.71. The lowest BCUT2D eigenvalue weighted by Crippen LogP contribution is -2.60. The average molecular weight is 297 g/mol. The van der Waals surface area contributed by atoms with Crippen LogP contribution in [-0.2, 0) is 4.79 Å². The molecule has 0 radical (unpaired) electrons. The van der Waals surface area contributed by atoms with E-state index in [0.29, 0.717) is 11.6 Å². The number of hydrogen-bond donors (Lipinski definition) is 1. The van der Waals surface area contributed by atoms with Crippen LogP contribution < -0.4 is 0 Å². The van der Waals surface area contributed by atoms with Crippen molar-refractivity contribution in [2.24, 2.45) is 0 Å². The maximum Gasteiger partial charge on any atom is 0.274 e. The third kappa shape index (κ3) is 1.82. The van der Waals surface area contributed by atoms with Crippen LogP contribution in [0.25, 0.3) is 0 Å². The largest absolute Gasteiger partial charge is 0.344 e. The highest BCUT2D eigenvalue weighted by atomic mass is 35.5. The number of rotatable bonds is 1. The molecule has 0 bridgehead atoms. The summed E-state index contributed by atoms with van der Waals surface area (Å²) < 4.78 is 0. The van der Waals surface area contributed by atoms with E-state index in [9.17, 15) is 9.59 Å². The Bertz CT molecular complexity index is 558. The van der Waals surface area contributed by atoms with Crippen molar-refractivity contribution in [1.29, 1.82) is 0 Å². The maximum absolute atomic E-state index is 12.7. The van der Waals surface area contributed by atoms with Gasteiger partial charge < -0.3 is 9.80 Å². The highest BCUT2D eigenvalue weighted by Gasteiger charge is 2.52. The molecular formula is C13H17ClN4O2. The van der Waals surface area contributed by atoms with E-state index in [1.54, 1.807) is 16.8 Å². The molecule has 2 aliphatic rings. The fraction of sp³-hybridized carbons (Fsp3) is 0.615. The number of aromatic nitrogens is 2. The van der Waals surface area contributed by atoms with E-state index >= 15 is 0 Å². The topological polar surface area (TPSA) is 69.3 Å². The van der Waals surface area contributed by atoms with Crippen molar-refractivity contribution in [3.05, 3.63) is 16.9 Å². The van der Waals surface area contributed by atoms with E-state index in [-0.39, 0.29) is 17.5 Å². The minimum atomic E-state index is -0.682. The minimum absolute atomic E-state index is 0.0465. The molecule has 1 N–H and O–H groups in total.